The molecule has 2 bridgehead atoms. The van der Waals surface area contributed by atoms with Gasteiger partial charge in [-0.25, -0.2) is 0 Å². The van der Waals surface area contributed by atoms with E-state index >= 15 is 0 Å². The summed E-state index contributed by atoms with van der Waals surface area (Å²) in [7, 11) is 0. The molecule has 0 aromatic heterocycles. The minimum Gasteiger partial charge on any atom is -0.465 e. The van der Waals surface area contributed by atoms with Gasteiger partial charge in [-0.3, -0.25) is 4.79 Å². The van der Waals surface area contributed by atoms with Gasteiger partial charge in [0.05, 0.1) is 18.1 Å². The van der Waals surface area contributed by atoms with Gasteiger partial charge in [-0.1, -0.05) is 49.8 Å². The van der Waals surface area contributed by atoms with E-state index < -0.39 is 5.60 Å². The highest BCUT2D eigenvalue weighted by Gasteiger charge is 2.63. The second-order valence-electron chi connectivity index (χ2n) is 12.4. The summed E-state index contributed by atoms with van der Waals surface area (Å²) in [5.74, 6) is 3.00. The van der Waals surface area contributed by atoms with Crippen LogP contribution < -0.4 is 0 Å². The Balaban J connectivity index is 1.13. The van der Waals surface area contributed by atoms with Crippen molar-refractivity contribution in [2.45, 2.75) is 83.7 Å². The molecular weight excluding hydrogens is 396 g/mol. The Kier molecular flexibility index (Phi) is 4.85. The molecule has 0 heterocycles. The maximum absolute atomic E-state index is 12.7. The van der Waals surface area contributed by atoms with E-state index in [9.17, 15) is 9.90 Å². The summed E-state index contributed by atoms with van der Waals surface area (Å²) < 4.78 is 5.77. The van der Waals surface area contributed by atoms with Gasteiger partial charge in [-0.2, -0.15) is 0 Å². The molecule has 3 nitrogen and oxygen atoms in total. The lowest BCUT2D eigenvalue weighted by molar-refractivity contribution is -0.156. The van der Waals surface area contributed by atoms with Crippen molar-refractivity contribution in [2.24, 2.45) is 46.3 Å². The molecule has 0 radical (unpaired) electrons. The third-order valence-electron chi connectivity index (χ3n) is 11.3. The van der Waals surface area contributed by atoms with Crippen LogP contribution in [-0.2, 0) is 9.53 Å². The third kappa shape index (κ3) is 2.92. The first-order chi connectivity index (χ1) is 15.3. The number of allylic oxidation sites excluding steroid dienone is 6. The lowest BCUT2D eigenvalue weighted by Crippen LogP contribution is -2.54. The molecule has 0 aromatic rings. The first-order valence-corrected chi connectivity index (χ1v) is 13.3. The highest BCUT2D eigenvalue weighted by molar-refractivity contribution is 5.74. The number of aliphatic hydroxyl groups is 1. The zero-order chi connectivity index (χ0) is 22.1. The standard InChI is InChI=1S/C29H40O3/c1-27-12-4-3-5-21(27)8-9-22-24(27)10-13-28(2)25(22)11-14-29(28,31)15-16-32-26(30)23-18-19-6-7-20(23)17-19/h4-7,12,19-20,22-25,31H,3,8-11,13-18H2,1-2H3/t19?,20?,22-,23?,24+,25+,27+,28+,29+/m1/s1. The Hall–Kier alpha value is -1.35. The van der Waals surface area contributed by atoms with E-state index in [0.717, 1.165) is 38.5 Å². The molecule has 6 rings (SSSR count). The number of ether oxygens (including phenoxy) is 1. The predicted molar refractivity (Wildman–Crippen MR) is 126 cm³/mol. The lowest BCUT2D eigenvalue weighted by atomic mass is 9.47. The van der Waals surface area contributed by atoms with Crippen molar-refractivity contribution in [3.63, 3.8) is 0 Å². The van der Waals surface area contributed by atoms with E-state index in [-0.39, 0.29) is 22.7 Å². The lowest BCUT2D eigenvalue weighted by Gasteiger charge is -2.58. The number of rotatable bonds is 4. The molecule has 3 heteroatoms. The number of hydrogen-bond acceptors (Lipinski definition) is 3. The van der Waals surface area contributed by atoms with Crippen LogP contribution in [0.25, 0.3) is 0 Å². The number of hydrogen-bond donors (Lipinski definition) is 1. The van der Waals surface area contributed by atoms with Gasteiger partial charge < -0.3 is 9.84 Å². The van der Waals surface area contributed by atoms with E-state index in [1.54, 1.807) is 5.57 Å². The average Bonchev–Trinajstić information content (AvgIpc) is 3.47. The van der Waals surface area contributed by atoms with Gasteiger partial charge in [0.15, 0.2) is 0 Å². The SMILES string of the molecule is C[C@]12C=CCC=C1CC[C@@H]1[C@@H]2CC[C@@]2(C)[C@H]1CC[C@]2(O)CCOC(=O)C1CC2C=CC1C2. The molecular formula is C29H40O3. The van der Waals surface area contributed by atoms with Gasteiger partial charge in [0.25, 0.3) is 0 Å². The van der Waals surface area contributed by atoms with Crippen molar-refractivity contribution in [1.82, 2.24) is 0 Å². The summed E-state index contributed by atoms with van der Waals surface area (Å²) in [6.07, 6.45) is 22.4. The fourth-order valence-electron chi connectivity index (χ4n) is 9.34. The summed E-state index contributed by atoms with van der Waals surface area (Å²) in [6.45, 7) is 5.20. The van der Waals surface area contributed by atoms with Crippen molar-refractivity contribution in [1.29, 1.82) is 0 Å². The molecule has 3 unspecified atom stereocenters. The Morgan fingerprint density at radius 3 is 2.75 bits per heavy atom. The van der Waals surface area contributed by atoms with Crippen LogP contribution in [0.4, 0.5) is 0 Å². The molecule has 6 aliphatic carbocycles. The molecule has 1 N–H and O–H groups in total. The predicted octanol–water partition coefficient (Wildman–Crippen LogP) is 5.99. The third-order valence-corrected chi connectivity index (χ3v) is 11.3. The smallest absolute Gasteiger partial charge is 0.309 e. The summed E-state index contributed by atoms with van der Waals surface area (Å²) >= 11 is 0. The van der Waals surface area contributed by atoms with Crippen molar-refractivity contribution < 1.29 is 14.6 Å². The topological polar surface area (TPSA) is 46.5 Å². The van der Waals surface area contributed by atoms with Gasteiger partial charge in [0.2, 0.25) is 0 Å². The van der Waals surface area contributed by atoms with Crippen molar-refractivity contribution >= 4 is 5.97 Å². The zero-order valence-corrected chi connectivity index (χ0v) is 19.9. The fourth-order valence-corrected chi connectivity index (χ4v) is 9.34. The van der Waals surface area contributed by atoms with Crippen LogP contribution in [0.2, 0.25) is 0 Å². The number of carbonyl (C=O) groups excluding carboxylic acids is 1. The zero-order valence-electron chi connectivity index (χ0n) is 19.9. The second kappa shape index (κ2) is 7.32. The number of fused-ring (bicyclic) bond motifs is 7. The van der Waals surface area contributed by atoms with Gasteiger partial charge >= 0.3 is 5.97 Å². The normalized spacial score (nSPS) is 50.5. The number of esters is 1. The van der Waals surface area contributed by atoms with Gasteiger partial charge in [0, 0.05) is 11.8 Å². The first-order valence-electron chi connectivity index (χ1n) is 13.3. The van der Waals surface area contributed by atoms with E-state index in [0.29, 0.717) is 42.6 Å². The van der Waals surface area contributed by atoms with E-state index in [4.69, 9.17) is 4.74 Å². The van der Waals surface area contributed by atoms with Gasteiger partial charge in [-0.15, -0.1) is 0 Å². The van der Waals surface area contributed by atoms with Crippen molar-refractivity contribution in [3.05, 3.63) is 36.0 Å². The first kappa shape index (κ1) is 21.2. The fraction of sp³-hybridized carbons (Fsp3) is 0.759. The van der Waals surface area contributed by atoms with Crippen LogP contribution in [0, 0.1) is 46.3 Å². The quantitative estimate of drug-likeness (QED) is 0.435. The summed E-state index contributed by atoms with van der Waals surface area (Å²) in [5.41, 5.74) is 1.15. The summed E-state index contributed by atoms with van der Waals surface area (Å²) in [5, 5.41) is 11.9. The molecule has 0 spiro atoms. The Morgan fingerprint density at radius 1 is 1.12 bits per heavy atom. The average molecular weight is 437 g/mol. The molecule has 174 valence electrons. The molecule has 32 heavy (non-hydrogen) atoms. The van der Waals surface area contributed by atoms with Crippen molar-refractivity contribution in [3.8, 4) is 0 Å². The highest BCUT2D eigenvalue weighted by Crippen LogP contribution is 2.67. The number of carbonyl (C=O) groups is 1. The molecule has 6 aliphatic rings. The van der Waals surface area contributed by atoms with Gasteiger partial charge in [-0.05, 0) is 92.8 Å². The van der Waals surface area contributed by atoms with Crippen LogP contribution >= 0.6 is 0 Å². The molecule has 0 saturated heterocycles. The van der Waals surface area contributed by atoms with E-state index in [1.807, 2.05) is 0 Å². The Bertz CT molecular complexity index is 885. The maximum atomic E-state index is 12.7. The van der Waals surface area contributed by atoms with Crippen molar-refractivity contribution in [2.75, 3.05) is 6.61 Å². The molecule has 9 atom stereocenters. The molecule has 0 aliphatic heterocycles. The molecule has 4 saturated carbocycles. The molecule has 0 amide bonds. The largest absolute Gasteiger partial charge is 0.465 e. The maximum Gasteiger partial charge on any atom is 0.309 e. The minimum atomic E-state index is -0.697. The Morgan fingerprint density at radius 2 is 1.97 bits per heavy atom. The monoisotopic (exact) mass is 436 g/mol. The second-order valence-corrected chi connectivity index (χ2v) is 12.4. The summed E-state index contributed by atoms with van der Waals surface area (Å²) in [6, 6.07) is 0. The molecule has 0 aromatic carbocycles. The van der Waals surface area contributed by atoms with Gasteiger partial charge in [0.1, 0.15) is 0 Å². The van der Waals surface area contributed by atoms with Crippen LogP contribution in [-0.4, -0.2) is 23.3 Å². The van der Waals surface area contributed by atoms with Crippen LogP contribution in [0.5, 0.6) is 0 Å². The molecule has 4 fully saturated rings. The van der Waals surface area contributed by atoms with E-state index in [2.05, 4.69) is 44.2 Å². The Labute approximate surface area is 193 Å². The van der Waals surface area contributed by atoms with Crippen LogP contribution in [0.15, 0.2) is 36.0 Å². The minimum absolute atomic E-state index is 0.0301. The van der Waals surface area contributed by atoms with E-state index in [1.165, 1.54) is 19.3 Å². The van der Waals surface area contributed by atoms with Crippen LogP contribution in [0.1, 0.15) is 78.1 Å². The summed E-state index contributed by atoms with van der Waals surface area (Å²) in [4.78, 5) is 12.7. The van der Waals surface area contributed by atoms with Crippen LogP contribution in [0.3, 0.4) is 0 Å². The highest BCUT2D eigenvalue weighted by atomic mass is 16.5.